The quantitative estimate of drug-likeness (QED) is 0.279. The van der Waals surface area contributed by atoms with E-state index >= 15 is 0 Å². The molecule has 1 unspecified atom stereocenters. The first-order valence-corrected chi connectivity index (χ1v) is 10.4. The van der Waals surface area contributed by atoms with Crippen LogP contribution in [0.3, 0.4) is 0 Å². The highest BCUT2D eigenvalue weighted by Crippen LogP contribution is 2.29. The summed E-state index contributed by atoms with van der Waals surface area (Å²) in [5, 5.41) is -0.0880. The lowest BCUT2D eigenvalue weighted by molar-refractivity contribution is -0.137. The van der Waals surface area contributed by atoms with Crippen LogP contribution in [0.15, 0.2) is 11.6 Å². The van der Waals surface area contributed by atoms with Gasteiger partial charge in [0.1, 0.15) is 11.5 Å². The molecule has 160 valence electrons. The lowest BCUT2D eigenvalue weighted by atomic mass is 10.0. The largest absolute Gasteiger partial charge is 0.509 e. The van der Waals surface area contributed by atoms with Gasteiger partial charge in [-0.3, -0.25) is 0 Å². The van der Waals surface area contributed by atoms with Crippen molar-refractivity contribution in [2.75, 3.05) is 25.6 Å². The van der Waals surface area contributed by atoms with Crippen LogP contribution in [-0.4, -0.2) is 65.7 Å². The maximum atomic E-state index is 12.4. The Kier molecular flexibility index (Phi) is 9.64. The van der Waals surface area contributed by atoms with E-state index in [2.05, 4.69) is 0 Å². The zero-order chi connectivity index (χ0) is 21.3. The lowest BCUT2D eigenvalue weighted by Gasteiger charge is -2.35. The van der Waals surface area contributed by atoms with Crippen molar-refractivity contribution in [3.63, 3.8) is 0 Å². The molecule has 1 heterocycles. The highest BCUT2D eigenvalue weighted by molar-refractivity contribution is 7.99. The van der Waals surface area contributed by atoms with E-state index in [0.717, 1.165) is 5.57 Å². The third kappa shape index (κ3) is 9.34. The van der Waals surface area contributed by atoms with Crippen LogP contribution in [0.2, 0.25) is 0 Å². The molecule has 1 amide bonds. The Morgan fingerprint density at radius 3 is 2.50 bits per heavy atom. The molecule has 0 radical (unpaired) electrons. The van der Waals surface area contributed by atoms with Crippen LogP contribution < -0.4 is 0 Å². The van der Waals surface area contributed by atoms with Gasteiger partial charge in [-0.15, -0.1) is 11.8 Å². The van der Waals surface area contributed by atoms with Gasteiger partial charge < -0.3 is 23.8 Å². The first-order valence-electron chi connectivity index (χ1n) is 9.32. The summed E-state index contributed by atoms with van der Waals surface area (Å²) >= 11 is 1.37. The molecule has 1 rings (SSSR count). The van der Waals surface area contributed by atoms with Gasteiger partial charge in [-0.1, -0.05) is 0 Å². The van der Waals surface area contributed by atoms with E-state index in [1.54, 1.807) is 46.4 Å². The molecule has 1 aliphatic rings. The van der Waals surface area contributed by atoms with Gasteiger partial charge in [0, 0.05) is 24.4 Å². The normalized spacial score (nSPS) is 18.8. The molecular weight excluding hydrogens is 386 g/mol. The second kappa shape index (κ2) is 11.2. The van der Waals surface area contributed by atoms with E-state index in [0.29, 0.717) is 13.0 Å². The molecule has 1 fully saturated rings. The van der Waals surface area contributed by atoms with Crippen molar-refractivity contribution < 1.29 is 33.3 Å². The average Bonchev–Trinajstić information content (AvgIpc) is 2.54. The average molecular weight is 418 g/mol. The summed E-state index contributed by atoms with van der Waals surface area (Å²) in [6.45, 7) is 11.6. The maximum Gasteiger partial charge on any atom is 0.509 e. The number of amides is 1. The Balaban J connectivity index is 2.74. The van der Waals surface area contributed by atoms with Gasteiger partial charge >= 0.3 is 18.2 Å². The van der Waals surface area contributed by atoms with Crippen LogP contribution >= 0.6 is 11.8 Å². The van der Waals surface area contributed by atoms with Crippen LogP contribution in [0.25, 0.3) is 0 Å². The Morgan fingerprint density at radius 1 is 1.25 bits per heavy atom. The summed E-state index contributed by atoms with van der Waals surface area (Å²) in [6.07, 6.45) is 0.586. The molecule has 1 saturated heterocycles. The van der Waals surface area contributed by atoms with Crippen LogP contribution in [0, 0.1) is 0 Å². The molecule has 0 aliphatic carbocycles. The summed E-state index contributed by atoms with van der Waals surface area (Å²) in [5.74, 6) is -0.378. The fourth-order valence-electron chi connectivity index (χ4n) is 2.40. The van der Waals surface area contributed by atoms with Crippen LogP contribution in [0.1, 0.15) is 48.0 Å². The third-order valence-electron chi connectivity index (χ3n) is 3.47. The third-order valence-corrected chi connectivity index (χ3v) is 4.66. The van der Waals surface area contributed by atoms with Gasteiger partial charge in [-0.05, 0) is 53.5 Å². The molecule has 28 heavy (non-hydrogen) atoms. The van der Waals surface area contributed by atoms with Gasteiger partial charge in [0.05, 0.1) is 12.7 Å². The first kappa shape index (κ1) is 24.1. The van der Waals surface area contributed by atoms with Crippen LogP contribution in [0.4, 0.5) is 9.59 Å². The zero-order valence-electron chi connectivity index (χ0n) is 17.5. The number of nitrogens with zero attached hydrogens (tertiary/aromatic N) is 1. The number of carbonyl (C=O) groups excluding carboxylic acids is 3. The molecule has 0 aromatic rings. The highest BCUT2D eigenvalue weighted by atomic mass is 32.2. The molecule has 0 spiro atoms. The fourth-order valence-corrected chi connectivity index (χ4v) is 3.35. The monoisotopic (exact) mass is 417 g/mol. The fraction of sp³-hybridized carbons (Fsp3) is 0.737. The summed E-state index contributed by atoms with van der Waals surface area (Å²) < 4.78 is 20.4. The Morgan fingerprint density at radius 2 is 1.93 bits per heavy atom. The molecule has 8 nitrogen and oxygen atoms in total. The van der Waals surface area contributed by atoms with Crippen LogP contribution in [-0.2, 0) is 23.7 Å². The Bertz CT molecular complexity index is 583. The van der Waals surface area contributed by atoms with Gasteiger partial charge in [0.25, 0.3) is 0 Å². The number of hydrogen-bond donors (Lipinski definition) is 0. The summed E-state index contributed by atoms with van der Waals surface area (Å²) in [5.41, 5.74) is 0.125. The Hall–Kier alpha value is -1.90. The predicted molar refractivity (Wildman–Crippen MR) is 106 cm³/mol. The number of rotatable bonds is 6. The predicted octanol–water partition coefficient (Wildman–Crippen LogP) is 3.74. The van der Waals surface area contributed by atoms with E-state index in [1.165, 1.54) is 17.8 Å². The van der Waals surface area contributed by atoms with Crippen molar-refractivity contribution in [2.24, 2.45) is 0 Å². The van der Waals surface area contributed by atoms with Gasteiger partial charge in [-0.2, -0.15) is 0 Å². The van der Waals surface area contributed by atoms with Crippen LogP contribution in [0.5, 0.6) is 0 Å². The maximum absolute atomic E-state index is 12.4. The number of thioether (sulfide) groups is 1. The number of carbonyl (C=O) groups is 3. The number of piperidine rings is 1. The molecule has 0 aromatic carbocycles. The molecule has 0 aromatic heterocycles. The standard InChI is InChI=1S/C19H31NO7S/c1-7-24-16(21)10-14-11-20(17(22)27-19(4,5)6)9-8-15(14)28-12-25-18(23)26-13(2)3/h10,13,15H,7-9,11-12H2,1-6H3/b14-10-. The number of likely N-dealkylation sites (tertiary alicyclic amines) is 1. The first-order chi connectivity index (χ1) is 13.0. The highest BCUT2D eigenvalue weighted by Gasteiger charge is 2.31. The number of hydrogen-bond acceptors (Lipinski definition) is 8. The van der Waals surface area contributed by atoms with E-state index in [1.807, 2.05) is 0 Å². The molecule has 0 bridgehead atoms. The van der Waals surface area contributed by atoms with E-state index in [9.17, 15) is 14.4 Å². The van der Waals surface area contributed by atoms with Crippen molar-refractivity contribution in [2.45, 2.75) is 64.9 Å². The minimum atomic E-state index is -0.732. The van der Waals surface area contributed by atoms with Crippen molar-refractivity contribution >= 4 is 30.0 Å². The molecule has 1 aliphatic heterocycles. The summed E-state index contributed by atoms with van der Waals surface area (Å²) in [6, 6.07) is 0. The number of esters is 1. The smallest absolute Gasteiger partial charge is 0.463 e. The van der Waals surface area contributed by atoms with Crippen molar-refractivity contribution in [3.05, 3.63) is 11.6 Å². The molecule has 1 atom stereocenters. The molecule has 0 N–H and O–H groups in total. The van der Waals surface area contributed by atoms with Gasteiger partial charge in [0.2, 0.25) is 0 Å². The second-order valence-electron chi connectivity index (χ2n) is 7.50. The van der Waals surface area contributed by atoms with E-state index in [-0.39, 0.29) is 30.4 Å². The summed E-state index contributed by atoms with van der Waals surface area (Å²) in [4.78, 5) is 37.3. The minimum Gasteiger partial charge on any atom is -0.463 e. The second-order valence-corrected chi connectivity index (χ2v) is 8.63. The zero-order valence-corrected chi connectivity index (χ0v) is 18.3. The Labute approximate surface area is 170 Å². The van der Waals surface area contributed by atoms with Crippen molar-refractivity contribution in [1.29, 1.82) is 0 Å². The van der Waals surface area contributed by atoms with E-state index < -0.39 is 23.8 Å². The van der Waals surface area contributed by atoms with Gasteiger partial charge in [-0.25, -0.2) is 14.4 Å². The SMILES string of the molecule is CCOC(=O)/C=C1/CN(C(=O)OC(C)(C)C)CCC1SCOC(=O)OC(C)C. The molecular formula is C19H31NO7S. The summed E-state index contributed by atoms with van der Waals surface area (Å²) in [7, 11) is 0. The lowest BCUT2D eigenvalue weighted by Crippen LogP contribution is -2.43. The molecule has 9 heteroatoms. The van der Waals surface area contributed by atoms with Gasteiger partial charge in [0.15, 0.2) is 0 Å². The number of ether oxygens (including phenoxy) is 4. The van der Waals surface area contributed by atoms with Crippen molar-refractivity contribution in [1.82, 2.24) is 4.90 Å². The topological polar surface area (TPSA) is 91.4 Å². The van der Waals surface area contributed by atoms with E-state index in [4.69, 9.17) is 18.9 Å². The molecule has 0 saturated carbocycles. The minimum absolute atomic E-state index is 0.0861. The van der Waals surface area contributed by atoms with Crippen molar-refractivity contribution in [3.8, 4) is 0 Å².